The molecular formula is C7H7N5O3S. The summed E-state index contributed by atoms with van der Waals surface area (Å²) in [5.41, 5.74) is 4.51. The Bertz CT molecular complexity index is 658. The van der Waals surface area contributed by atoms with Crippen LogP contribution in [0.1, 0.15) is 10.4 Å². The lowest BCUT2D eigenvalue weighted by molar-refractivity contribution is 0.0999. The molecule has 0 bridgehead atoms. The van der Waals surface area contributed by atoms with Gasteiger partial charge in [-0.3, -0.25) is 13.8 Å². The maximum Gasteiger partial charge on any atom is 0.277 e. The van der Waals surface area contributed by atoms with E-state index < -0.39 is 22.3 Å². The van der Waals surface area contributed by atoms with Gasteiger partial charge in [0.1, 0.15) is 10.4 Å². The highest BCUT2D eigenvalue weighted by molar-refractivity contribution is 7.84. The average Bonchev–Trinajstić information content (AvgIpc) is 2.58. The van der Waals surface area contributed by atoms with Crippen molar-refractivity contribution in [2.24, 2.45) is 5.73 Å². The van der Waals surface area contributed by atoms with Crippen molar-refractivity contribution < 1.29 is 9.00 Å². The van der Waals surface area contributed by atoms with Crippen LogP contribution in [0.2, 0.25) is 0 Å². The number of carbonyl (C=O) groups is 1. The van der Waals surface area contributed by atoms with Crippen molar-refractivity contribution in [2.45, 2.75) is 5.03 Å². The van der Waals surface area contributed by atoms with Crippen LogP contribution in [0.15, 0.2) is 9.82 Å². The summed E-state index contributed by atoms with van der Waals surface area (Å²) < 4.78 is 11.4. The van der Waals surface area contributed by atoms with Crippen LogP contribution in [-0.4, -0.2) is 36.8 Å². The first-order chi connectivity index (χ1) is 7.52. The number of aromatic amines is 2. The standard InChI is InChI=1S/C7H7N5O3S/c1-16(15)7-2(4(8)13)3-5(9-7)10-12-11-6(3)14/h1H3,(H2,8,13)(H2,9,10,11,14). The molecule has 0 aliphatic carbocycles. The number of hydrogen-bond donors (Lipinski definition) is 3. The maximum atomic E-state index is 11.5. The van der Waals surface area contributed by atoms with E-state index in [1.54, 1.807) is 0 Å². The zero-order chi connectivity index (χ0) is 11.9. The van der Waals surface area contributed by atoms with Crippen molar-refractivity contribution >= 4 is 27.7 Å². The van der Waals surface area contributed by atoms with Gasteiger partial charge >= 0.3 is 0 Å². The molecule has 1 unspecified atom stereocenters. The van der Waals surface area contributed by atoms with Gasteiger partial charge < -0.3 is 10.7 Å². The lowest BCUT2D eigenvalue weighted by Crippen LogP contribution is -2.17. The molecule has 2 aromatic rings. The predicted molar refractivity (Wildman–Crippen MR) is 55.4 cm³/mol. The second-order valence-electron chi connectivity index (χ2n) is 3.01. The number of carbonyl (C=O) groups excluding carboxylic acids is 1. The third-order valence-corrected chi connectivity index (χ3v) is 2.89. The van der Waals surface area contributed by atoms with Gasteiger partial charge in [-0.1, -0.05) is 5.21 Å². The van der Waals surface area contributed by atoms with E-state index in [4.69, 9.17) is 5.73 Å². The zero-order valence-corrected chi connectivity index (χ0v) is 8.92. The normalized spacial score (nSPS) is 12.8. The average molecular weight is 241 g/mol. The molecule has 4 N–H and O–H groups in total. The van der Waals surface area contributed by atoms with E-state index in [-0.39, 0.29) is 21.6 Å². The number of fused-ring (bicyclic) bond motifs is 1. The number of primary amides is 1. The molecule has 0 saturated heterocycles. The summed E-state index contributed by atoms with van der Waals surface area (Å²) in [6, 6.07) is 0. The van der Waals surface area contributed by atoms with Crippen molar-refractivity contribution in [3.8, 4) is 0 Å². The van der Waals surface area contributed by atoms with E-state index in [0.29, 0.717) is 0 Å². The summed E-state index contributed by atoms with van der Waals surface area (Å²) in [5.74, 6) is -0.838. The molecule has 16 heavy (non-hydrogen) atoms. The van der Waals surface area contributed by atoms with E-state index in [9.17, 15) is 13.8 Å². The van der Waals surface area contributed by atoms with Crippen molar-refractivity contribution in [3.05, 3.63) is 15.9 Å². The van der Waals surface area contributed by atoms with E-state index >= 15 is 0 Å². The highest BCUT2D eigenvalue weighted by Gasteiger charge is 2.21. The summed E-state index contributed by atoms with van der Waals surface area (Å²) in [7, 11) is -1.48. The summed E-state index contributed by atoms with van der Waals surface area (Å²) >= 11 is 0. The number of amides is 1. The number of hydrogen-bond acceptors (Lipinski definition) is 5. The van der Waals surface area contributed by atoms with Crippen LogP contribution in [0.25, 0.3) is 11.0 Å². The van der Waals surface area contributed by atoms with Gasteiger partial charge in [0, 0.05) is 6.26 Å². The van der Waals surface area contributed by atoms with Crippen LogP contribution < -0.4 is 11.3 Å². The summed E-state index contributed by atoms with van der Waals surface area (Å²) in [6.07, 6.45) is 1.36. The molecule has 84 valence electrons. The van der Waals surface area contributed by atoms with Crippen molar-refractivity contribution in [3.63, 3.8) is 0 Å². The molecule has 1 amide bonds. The van der Waals surface area contributed by atoms with Gasteiger partial charge in [-0.2, -0.15) is 0 Å². The van der Waals surface area contributed by atoms with Crippen LogP contribution in [0.4, 0.5) is 0 Å². The first kappa shape index (κ1) is 10.5. The van der Waals surface area contributed by atoms with Gasteiger partial charge in [-0.15, -0.1) is 5.10 Å². The molecule has 9 heteroatoms. The number of aromatic nitrogens is 4. The number of nitrogens with zero attached hydrogens (tertiary/aromatic N) is 2. The smallest absolute Gasteiger partial charge is 0.277 e. The molecule has 0 aliphatic rings. The van der Waals surface area contributed by atoms with E-state index in [1.165, 1.54) is 6.26 Å². The molecule has 2 heterocycles. The van der Waals surface area contributed by atoms with E-state index in [2.05, 4.69) is 20.4 Å². The molecule has 1 atom stereocenters. The Kier molecular flexibility index (Phi) is 2.31. The maximum absolute atomic E-state index is 11.5. The van der Waals surface area contributed by atoms with E-state index in [0.717, 1.165) is 0 Å². The fourth-order valence-corrected chi connectivity index (χ4v) is 2.12. The Labute approximate surface area is 90.7 Å². The Morgan fingerprint density at radius 2 is 2.19 bits per heavy atom. The summed E-state index contributed by atoms with van der Waals surface area (Å²) in [5, 5.41) is 9.04. The minimum atomic E-state index is -1.48. The van der Waals surface area contributed by atoms with Crippen LogP contribution in [0.5, 0.6) is 0 Å². The van der Waals surface area contributed by atoms with Gasteiger partial charge in [0.15, 0.2) is 5.65 Å². The zero-order valence-electron chi connectivity index (χ0n) is 8.10. The topological polar surface area (TPSA) is 135 Å². The Balaban J connectivity index is 3.00. The molecule has 0 spiro atoms. The molecule has 0 saturated carbocycles. The van der Waals surface area contributed by atoms with Crippen molar-refractivity contribution in [1.82, 2.24) is 20.4 Å². The fraction of sp³-hybridized carbons (Fsp3) is 0.143. The first-order valence-electron chi connectivity index (χ1n) is 4.12. The van der Waals surface area contributed by atoms with Crippen LogP contribution in [-0.2, 0) is 10.8 Å². The van der Waals surface area contributed by atoms with Crippen molar-refractivity contribution in [2.75, 3.05) is 6.26 Å². The lowest BCUT2D eigenvalue weighted by atomic mass is 10.2. The summed E-state index contributed by atoms with van der Waals surface area (Å²) in [6.45, 7) is 0. The first-order valence-corrected chi connectivity index (χ1v) is 5.68. The molecule has 0 radical (unpaired) electrons. The molecule has 0 fully saturated rings. The number of nitrogens with two attached hydrogens (primary N) is 1. The van der Waals surface area contributed by atoms with Crippen LogP contribution in [0, 0.1) is 0 Å². The van der Waals surface area contributed by atoms with Gasteiger partial charge in [0.25, 0.3) is 11.5 Å². The molecule has 2 rings (SSSR count). The molecular weight excluding hydrogens is 234 g/mol. The van der Waals surface area contributed by atoms with Crippen molar-refractivity contribution in [1.29, 1.82) is 0 Å². The highest BCUT2D eigenvalue weighted by Crippen LogP contribution is 2.18. The minimum absolute atomic E-state index is 0.0206. The highest BCUT2D eigenvalue weighted by atomic mass is 32.2. The SMILES string of the molecule is CS(=O)c1[nH]c2nn[nH]c(=O)c2c1C(N)=O. The largest absolute Gasteiger partial charge is 0.365 e. The Morgan fingerprint density at radius 1 is 1.50 bits per heavy atom. The number of H-pyrrole nitrogens is 2. The van der Waals surface area contributed by atoms with Gasteiger partial charge in [-0.05, 0) is 0 Å². The third kappa shape index (κ3) is 1.41. The fourth-order valence-electron chi connectivity index (χ4n) is 1.39. The molecule has 8 nitrogen and oxygen atoms in total. The Hall–Kier alpha value is -2.03. The molecule has 0 aliphatic heterocycles. The second kappa shape index (κ2) is 3.52. The van der Waals surface area contributed by atoms with Crippen LogP contribution >= 0.6 is 0 Å². The van der Waals surface area contributed by atoms with Gasteiger partial charge in [0.2, 0.25) is 0 Å². The Morgan fingerprint density at radius 3 is 2.75 bits per heavy atom. The number of rotatable bonds is 2. The van der Waals surface area contributed by atoms with Crippen LogP contribution in [0.3, 0.4) is 0 Å². The second-order valence-corrected chi connectivity index (χ2v) is 4.33. The lowest BCUT2D eigenvalue weighted by Gasteiger charge is -1.94. The van der Waals surface area contributed by atoms with Gasteiger partial charge in [0.05, 0.1) is 16.4 Å². The molecule has 0 aromatic carbocycles. The third-order valence-electron chi connectivity index (χ3n) is 2.01. The summed E-state index contributed by atoms with van der Waals surface area (Å²) in [4.78, 5) is 25.3. The monoisotopic (exact) mass is 241 g/mol. The van der Waals surface area contributed by atoms with Gasteiger partial charge in [-0.25, -0.2) is 5.10 Å². The molecule has 2 aromatic heterocycles. The predicted octanol–water partition coefficient (Wildman–Crippen LogP) is -1.52. The minimum Gasteiger partial charge on any atom is -0.365 e. The quantitative estimate of drug-likeness (QED) is 0.587. The van der Waals surface area contributed by atoms with E-state index in [1.807, 2.05) is 0 Å². The number of nitrogens with one attached hydrogen (secondary N) is 2.